The second kappa shape index (κ2) is 7.51. The number of hydrogen-bond acceptors (Lipinski definition) is 2. The van der Waals surface area contributed by atoms with Gasteiger partial charge in [-0.3, -0.25) is 0 Å². The van der Waals surface area contributed by atoms with Gasteiger partial charge in [0.05, 0.1) is 0 Å². The first-order valence-corrected chi connectivity index (χ1v) is 9.57. The van der Waals surface area contributed by atoms with Crippen LogP contribution in [-0.2, 0) is 0 Å². The van der Waals surface area contributed by atoms with E-state index in [4.69, 9.17) is 0 Å². The number of benzene rings is 2. The molecule has 3 aromatic rings. The minimum absolute atomic E-state index is 0.0415. The van der Waals surface area contributed by atoms with Crippen molar-refractivity contribution in [2.45, 2.75) is 19.8 Å². The molecule has 2 N–H and O–H groups in total. The second-order valence-corrected chi connectivity index (χ2v) is 7.54. The van der Waals surface area contributed by atoms with Crippen molar-refractivity contribution in [1.82, 2.24) is 8.88 Å². The first-order valence-electron chi connectivity index (χ1n) is 7.95. The van der Waals surface area contributed by atoms with Crippen LogP contribution in [0.5, 0.6) is 0 Å². The molecule has 0 spiro atoms. The van der Waals surface area contributed by atoms with Gasteiger partial charge in [0.15, 0.2) is 0 Å². The third-order valence-electron chi connectivity index (χ3n) is 3.67. The van der Waals surface area contributed by atoms with Crippen LogP contribution in [0.25, 0.3) is 15.3 Å². The number of rotatable bonds is 5. The van der Waals surface area contributed by atoms with Crippen molar-refractivity contribution in [3.05, 3.63) is 58.9 Å². The van der Waals surface area contributed by atoms with Crippen LogP contribution in [0.15, 0.2) is 53.3 Å². The molecule has 0 unspecified atom stereocenters. The van der Waals surface area contributed by atoms with Crippen LogP contribution in [0.2, 0.25) is 0 Å². The van der Waals surface area contributed by atoms with E-state index in [0.717, 1.165) is 28.2 Å². The zero-order valence-electron chi connectivity index (χ0n) is 13.4. The Bertz CT molecular complexity index is 897. The van der Waals surface area contributed by atoms with Crippen molar-refractivity contribution in [3.8, 4) is 5.69 Å². The van der Waals surface area contributed by atoms with Crippen LogP contribution in [-0.4, -0.2) is 30.9 Å². The van der Waals surface area contributed by atoms with Crippen molar-refractivity contribution < 1.29 is 4.79 Å². The maximum atomic E-state index is 12.5. The molecule has 124 valence electrons. The summed E-state index contributed by atoms with van der Waals surface area (Å²) in [6.07, 6.45) is 2.01. The Morgan fingerprint density at radius 3 is 2.58 bits per heavy atom. The molecule has 0 atom stereocenters. The fraction of sp³-hybridized carbons (Fsp3) is 0.222. The molecule has 2 amide bonds. The third kappa shape index (κ3) is 3.61. The summed E-state index contributed by atoms with van der Waals surface area (Å²) in [5.74, 6) is 0. The number of aromatic nitrogens is 1. The molecule has 0 saturated carbocycles. The molecule has 0 aliphatic heterocycles. The summed E-state index contributed by atoms with van der Waals surface area (Å²) in [5, 5.41) is 6.39. The summed E-state index contributed by atoms with van der Waals surface area (Å²) in [4.78, 5) is 24.2. The predicted molar refractivity (Wildman–Crippen MR) is 98.4 cm³/mol. The zero-order chi connectivity index (χ0) is 16.9. The van der Waals surface area contributed by atoms with E-state index in [1.54, 1.807) is 0 Å². The van der Waals surface area contributed by atoms with Crippen molar-refractivity contribution in [1.29, 1.82) is 0 Å². The first kappa shape index (κ1) is 16.6. The fourth-order valence-corrected chi connectivity index (χ4v) is 4.47. The van der Waals surface area contributed by atoms with E-state index in [-0.39, 0.29) is 26.3 Å². The van der Waals surface area contributed by atoms with Gasteiger partial charge in [0, 0.05) is 0 Å². The van der Waals surface area contributed by atoms with Crippen molar-refractivity contribution in [2.75, 3.05) is 11.9 Å². The molecular weight excluding hydrogens is 369 g/mol. The molecular formula is C18H19N3O2Se. The van der Waals surface area contributed by atoms with Crippen LogP contribution < -0.4 is 16.2 Å². The summed E-state index contributed by atoms with van der Waals surface area (Å²) in [6, 6.07) is 14.9. The molecule has 0 aliphatic rings. The number of amides is 2. The molecule has 0 aliphatic carbocycles. The SMILES string of the molecule is CCCCNC(=O)Nc1ccc(-n2[se]c3ccccc3c2=O)cc1. The average molecular weight is 388 g/mol. The summed E-state index contributed by atoms with van der Waals surface area (Å²) in [5.41, 5.74) is 1.61. The number of nitrogens with one attached hydrogen (secondary N) is 2. The summed E-state index contributed by atoms with van der Waals surface area (Å²) < 4.78 is 2.91. The number of urea groups is 1. The van der Waals surface area contributed by atoms with E-state index in [9.17, 15) is 9.59 Å². The molecule has 0 radical (unpaired) electrons. The number of nitrogens with zero attached hydrogens (tertiary/aromatic N) is 1. The van der Waals surface area contributed by atoms with Crippen LogP contribution in [0.1, 0.15) is 19.8 Å². The molecule has 2 aromatic carbocycles. The second-order valence-electron chi connectivity index (χ2n) is 5.47. The molecule has 0 fully saturated rings. The van der Waals surface area contributed by atoms with Gasteiger partial charge in [-0.25, -0.2) is 0 Å². The van der Waals surface area contributed by atoms with Crippen LogP contribution >= 0.6 is 0 Å². The molecule has 24 heavy (non-hydrogen) atoms. The Balaban J connectivity index is 1.75. The average Bonchev–Trinajstić information content (AvgIpc) is 2.93. The van der Waals surface area contributed by atoms with Gasteiger partial charge in [-0.1, -0.05) is 0 Å². The van der Waals surface area contributed by atoms with E-state index >= 15 is 0 Å². The minimum atomic E-state index is -0.204. The molecule has 5 nitrogen and oxygen atoms in total. The number of unbranched alkanes of at least 4 members (excludes halogenated alkanes) is 1. The standard InChI is InChI=1S/C18H19N3O2Se/c1-2-3-12-19-18(23)20-13-8-10-14(11-9-13)21-17(22)15-6-4-5-7-16(15)24-21/h4-11H,2-3,12H2,1H3,(H2,19,20,23). The predicted octanol–water partition coefficient (Wildman–Crippen LogP) is 2.97. The number of hydrogen-bond donors (Lipinski definition) is 2. The van der Waals surface area contributed by atoms with Crippen molar-refractivity contribution in [3.63, 3.8) is 0 Å². The van der Waals surface area contributed by atoms with Crippen molar-refractivity contribution >= 4 is 36.1 Å². The summed E-state index contributed by atoms with van der Waals surface area (Å²) >= 11 is -0.0415. The molecule has 6 heteroatoms. The first-order chi connectivity index (χ1) is 11.7. The summed E-state index contributed by atoms with van der Waals surface area (Å²) in [7, 11) is 0. The van der Waals surface area contributed by atoms with E-state index in [1.165, 1.54) is 0 Å². The van der Waals surface area contributed by atoms with Gasteiger partial charge < -0.3 is 0 Å². The van der Waals surface area contributed by atoms with Gasteiger partial charge in [0.25, 0.3) is 0 Å². The monoisotopic (exact) mass is 389 g/mol. The Morgan fingerprint density at radius 1 is 1.12 bits per heavy atom. The molecule has 1 aromatic heterocycles. The third-order valence-corrected chi connectivity index (χ3v) is 6.00. The molecule has 3 rings (SSSR count). The summed E-state index contributed by atoms with van der Waals surface area (Å²) in [6.45, 7) is 2.75. The van der Waals surface area contributed by atoms with E-state index < -0.39 is 0 Å². The molecule has 0 saturated heterocycles. The molecule has 1 heterocycles. The van der Waals surface area contributed by atoms with Crippen LogP contribution in [0, 0.1) is 0 Å². The van der Waals surface area contributed by atoms with Gasteiger partial charge in [-0.15, -0.1) is 0 Å². The molecule has 0 bridgehead atoms. The number of fused-ring (bicyclic) bond motifs is 1. The maximum absolute atomic E-state index is 12.5. The Morgan fingerprint density at radius 2 is 1.88 bits per heavy atom. The zero-order valence-corrected chi connectivity index (χ0v) is 15.1. The topological polar surface area (TPSA) is 63.1 Å². The van der Waals surface area contributed by atoms with Gasteiger partial charge >= 0.3 is 146 Å². The van der Waals surface area contributed by atoms with Crippen LogP contribution in [0.4, 0.5) is 10.5 Å². The van der Waals surface area contributed by atoms with Crippen molar-refractivity contribution in [2.24, 2.45) is 0 Å². The van der Waals surface area contributed by atoms with Gasteiger partial charge in [-0.2, -0.15) is 0 Å². The quantitative estimate of drug-likeness (QED) is 0.522. The van der Waals surface area contributed by atoms with Gasteiger partial charge in [-0.05, 0) is 0 Å². The van der Waals surface area contributed by atoms with E-state index in [0.29, 0.717) is 12.2 Å². The Hall–Kier alpha value is -2.30. The van der Waals surface area contributed by atoms with Crippen LogP contribution in [0.3, 0.4) is 0 Å². The normalized spacial score (nSPS) is 10.7. The fourth-order valence-electron chi connectivity index (χ4n) is 2.38. The Labute approximate surface area is 146 Å². The number of carbonyl (C=O) groups is 1. The van der Waals surface area contributed by atoms with Gasteiger partial charge in [0.1, 0.15) is 0 Å². The van der Waals surface area contributed by atoms with E-state index in [1.807, 2.05) is 52.1 Å². The number of anilines is 1. The number of carbonyl (C=O) groups excluding carboxylic acids is 1. The Kier molecular flexibility index (Phi) is 5.18. The van der Waals surface area contributed by atoms with E-state index in [2.05, 4.69) is 17.6 Å². The van der Waals surface area contributed by atoms with Gasteiger partial charge in [0.2, 0.25) is 0 Å².